The molecule has 0 unspecified atom stereocenters. The number of aromatic nitrogens is 3. The molecule has 0 bridgehead atoms. The highest BCUT2D eigenvalue weighted by Gasteiger charge is 2.07. The van der Waals surface area contributed by atoms with Gasteiger partial charge in [0, 0.05) is 0 Å². The summed E-state index contributed by atoms with van der Waals surface area (Å²) in [5.74, 6) is -0.170. The van der Waals surface area contributed by atoms with Crippen LogP contribution in [-0.4, -0.2) is 32.2 Å². The lowest BCUT2D eigenvalue weighted by atomic mass is 10.2. The second-order valence-electron chi connectivity index (χ2n) is 4.62. The summed E-state index contributed by atoms with van der Waals surface area (Å²) in [6.07, 6.45) is 1.46. The number of carbonyl (C=O) groups is 1. The van der Waals surface area contributed by atoms with E-state index in [1.165, 1.54) is 10.9 Å². The molecule has 7 nitrogen and oxygen atoms in total. The summed E-state index contributed by atoms with van der Waals surface area (Å²) >= 11 is 0. The molecule has 3 rings (SSSR count). The fourth-order valence-electron chi connectivity index (χ4n) is 1.99. The summed E-state index contributed by atoms with van der Waals surface area (Å²) in [5, 5.41) is 21.1. The van der Waals surface area contributed by atoms with Crippen LogP contribution in [0.15, 0.2) is 53.6 Å². The Kier molecular flexibility index (Phi) is 3.78. The van der Waals surface area contributed by atoms with E-state index >= 15 is 0 Å². The lowest BCUT2D eigenvalue weighted by Gasteiger charge is -2.01. The SMILES string of the molecule is O=C(Cn1nnc2ccccc21)N/N=C/c1cccc(O)c1. The fraction of sp³-hybridized carbons (Fsp3) is 0.0667. The molecule has 0 saturated heterocycles. The van der Waals surface area contributed by atoms with Gasteiger partial charge in [0.05, 0.1) is 11.7 Å². The molecule has 1 aromatic heterocycles. The number of hydrazone groups is 1. The van der Waals surface area contributed by atoms with Crippen molar-refractivity contribution in [2.24, 2.45) is 5.10 Å². The molecule has 0 saturated carbocycles. The molecule has 7 heteroatoms. The van der Waals surface area contributed by atoms with Gasteiger partial charge in [-0.25, -0.2) is 10.1 Å². The number of rotatable bonds is 4. The summed E-state index contributed by atoms with van der Waals surface area (Å²) in [7, 11) is 0. The van der Waals surface area contributed by atoms with Crippen molar-refractivity contribution < 1.29 is 9.90 Å². The van der Waals surface area contributed by atoms with E-state index in [0.717, 1.165) is 11.0 Å². The van der Waals surface area contributed by atoms with E-state index in [2.05, 4.69) is 20.8 Å². The predicted octanol–water partition coefficient (Wildman–Crippen LogP) is 1.29. The van der Waals surface area contributed by atoms with E-state index < -0.39 is 0 Å². The lowest BCUT2D eigenvalue weighted by Crippen LogP contribution is -2.23. The number of carbonyl (C=O) groups excluding carboxylic acids is 1. The zero-order valence-electron chi connectivity index (χ0n) is 11.5. The third-order valence-corrected chi connectivity index (χ3v) is 2.99. The van der Waals surface area contributed by atoms with E-state index in [1.54, 1.807) is 24.3 Å². The van der Waals surface area contributed by atoms with Crippen LogP contribution < -0.4 is 5.43 Å². The summed E-state index contributed by atoms with van der Waals surface area (Å²) in [6.45, 7) is 0.0257. The number of fused-ring (bicyclic) bond motifs is 1. The minimum Gasteiger partial charge on any atom is -0.508 e. The standard InChI is InChI=1S/C15H13N5O2/c21-12-5-3-4-11(8-12)9-16-18-15(22)10-20-14-7-2-1-6-13(14)17-19-20/h1-9,21H,10H2,(H,18,22)/b16-9+. The Hall–Kier alpha value is -3.22. The van der Waals surface area contributed by atoms with Crippen LogP contribution >= 0.6 is 0 Å². The first kappa shape index (κ1) is 13.7. The number of nitrogens with zero attached hydrogens (tertiary/aromatic N) is 4. The number of para-hydroxylation sites is 1. The number of phenols is 1. The summed E-state index contributed by atoms with van der Waals surface area (Å²) in [4.78, 5) is 11.8. The van der Waals surface area contributed by atoms with Crippen molar-refractivity contribution in [2.45, 2.75) is 6.54 Å². The number of amides is 1. The molecule has 0 aliphatic heterocycles. The highest BCUT2D eigenvalue weighted by atomic mass is 16.3. The van der Waals surface area contributed by atoms with E-state index in [4.69, 9.17) is 0 Å². The van der Waals surface area contributed by atoms with Crippen LogP contribution in [0.1, 0.15) is 5.56 Å². The number of nitrogens with one attached hydrogen (secondary N) is 1. The Morgan fingerprint density at radius 1 is 1.27 bits per heavy atom. The van der Waals surface area contributed by atoms with Crippen molar-refractivity contribution in [3.05, 3.63) is 54.1 Å². The van der Waals surface area contributed by atoms with Crippen molar-refractivity contribution in [3.63, 3.8) is 0 Å². The first-order chi connectivity index (χ1) is 10.7. The van der Waals surface area contributed by atoms with E-state index in [-0.39, 0.29) is 18.2 Å². The Labute approximate surface area is 125 Å². The average Bonchev–Trinajstić information content (AvgIpc) is 2.91. The number of aromatic hydroxyl groups is 1. The Morgan fingerprint density at radius 2 is 2.14 bits per heavy atom. The number of hydrogen-bond acceptors (Lipinski definition) is 5. The molecule has 0 spiro atoms. The summed E-state index contributed by atoms with van der Waals surface area (Å²) in [6, 6.07) is 14.0. The van der Waals surface area contributed by atoms with Gasteiger partial charge < -0.3 is 5.11 Å². The Balaban J connectivity index is 1.63. The van der Waals surface area contributed by atoms with Gasteiger partial charge in [-0.05, 0) is 29.8 Å². The molecule has 2 aromatic carbocycles. The minimum absolute atomic E-state index is 0.0257. The summed E-state index contributed by atoms with van der Waals surface area (Å²) < 4.78 is 1.51. The number of hydrogen-bond donors (Lipinski definition) is 2. The molecule has 0 radical (unpaired) electrons. The second-order valence-corrected chi connectivity index (χ2v) is 4.62. The maximum absolute atomic E-state index is 11.8. The highest BCUT2D eigenvalue weighted by Crippen LogP contribution is 2.09. The molecule has 2 N–H and O–H groups in total. The molecular weight excluding hydrogens is 282 g/mol. The van der Waals surface area contributed by atoms with E-state index in [9.17, 15) is 9.90 Å². The van der Waals surface area contributed by atoms with Crippen LogP contribution in [0, 0.1) is 0 Å². The van der Waals surface area contributed by atoms with Crippen LogP contribution in [0.5, 0.6) is 5.75 Å². The van der Waals surface area contributed by atoms with Crippen molar-refractivity contribution >= 4 is 23.2 Å². The molecule has 0 aliphatic carbocycles. The molecule has 0 fully saturated rings. The van der Waals surface area contributed by atoms with E-state index in [0.29, 0.717) is 5.56 Å². The molecule has 0 atom stereocenters. The van der Waals surface area contributed by atoms with Crippen molar-refractivity contribution in [1.29, 1.82) is 0 Å². The van der Waals surface area contributed by atoms with Gasteiger partial charge in [-0.3, -0.25) is 4.79 Å². The molecule has 22 heavy (non-hydrogen) atoms. The van der Waals surface area contributed by atoms with Crippen LogP contribution in [0.2, 0.25) is 0 Å². The number of benzene rings is 2. The zero-order chi connectivity index (χ0) is 15.4. The quantitative estimate of drug-likeness (QED) is 0.560. The molecule has 3 aromatic rings. The van der Waals surface area contributed by atoms with Gasteiger partial charge in [0.1, 0.15) is 17.8 Å². The monoisotopic (exact) mass is 295 g/mol. The van der Waals surface area contributed by atoms with Gasteiger partial charge in [0.15, 0.2) is 0 Å². The van der Waals surface area contributed by atoms with Crippen LogP contribution in [0.25, 0.3) is 11.0 Å². The Morgan fingerprint density at radius 3 is 3.00 bits per heavy atom. The minimum atomic E-state index is -0.313. The zero-order valence-corrected chi connectivity index (χ0v) is 11.5. The largest absolute Gasteiger partial charge is 0.508 e. The molecule has 110 valence electrons. The first-order valence-electron chi connectivity index (χ1n) is 6.61. The van der Waals surface area contributed by atoms with Gasteiger partial charge in [0.2, 0.25) is 0 Å². The molecular formula is C15H13N5O2. The van der Waals surface area contributed by atoms with Crippen LogP contribution in [-0.2, 0) is 11.3 Å². The van der Waals surface area contributed by atoms with Gasteiger partial charge >= 0.3 is 0 Å². The average molecular weight is 295 g/mol. The summed E-state index contributed by atoms with van der Waals surface area (Å²) in [5.41, 5.74) is 4.62. The third kappa shape index (κ3) is 3.09. The van der Waals surface area contributed by atoms with Crippen LogP contribution in [0.3, 0.4) is 0 Å². The normalized spacial score (nSPS) is 11.1. The predicted molar refractivity (Wildman–Crippen MR) is 81.4 cm³/mol. The van der Waals surface area contributed by atoms with Crippen molar-refractivity contribution in [2.75, 3.05) is 0 Å². The number of phenolic OH excluding ortho intramolecular Hbond substituents is 1. The van der Waals surface area contributed by atoms with Crippen LogP contribution in [0.4, 0.5) is 0 Å². The third-order valence-electron chi connectivity index (χ3n) is 2.99. The molecule has 1 heterocycles. The van der Waals surface area contributed by atoms with Gasteiger partial charge in [0.25, 0.3) is 5.91 Å². The van der Waals surface area contributed by atoms with Crippen molar-refractivity contribution in [1.82, 2.24) is 20.4 Å². The fourth-order valence-corrected chi connectivity index (χ4v) is 1.99. The molecule has 1 amide bonds. The van der Waals surface area contributed by atoms with Gasteiger partial charge in [-0.1, -0.05) is 29.5 Å². The highest BCUT2D eigenvalue weighted by molar-refractivity contribution is 5.83. The van der Waals surface area contributed by atoms with Gasteiger partial charge in [-0.15, -0.1) is 5.10 Å². The second kappa shape index (κ2) is 6.04. The smallest absolute Gasteiger partial charge is 0.261 e. The van der Waals surface area contributed by atoms with Crippen molar-refractivity contribution in [3.8, 4) is 5.75 Å². The molecule has 0 aliphatic rings. The van der Waals surface area contributed by atoms with E-state index in [1.807, 2.05) is 24.3 Å². The lowest BCUT2D eigenvalue weighted by molar-refractivity contribution is -0.121. The topological polar surface area (TPSA) is 92.4 Å². The van der Waals surface area contributed by atoms with Gasteiger partial charge in [-0.2, -0.15) is 5.10 Å². The first-order valence-corrected chi connectivity index (χ1v) is 6.61. The maximum Gasteiger partial charge on any atom is 0.261 e. The Bertz CT molecular complexity index is 841. The maximum atomic E-state index is 11.8.